The third-order valence-corrected chi connectivity index (χ3v) is 3.57. The number of nitrogens with two attached hydrogens (primary N) is 1. The van der Waals surface area contributed by atoms with Crippen LogP contribution in [0.4, 0.5) is 13.2 Å². The van der Waals surface area contributed by atoms with Crippen LogP contribution >= 0.6 is 23.4 Å². The van der Waals surface area contributed by atoms with Gasteiger partial charge in [-0.15, -0.1) is 0 Å². The first-order chi connectivity index (χ1) is 9.31. The van der Waals surface area contributed by atoms with Gasteiger partial charge in [-0.1, -0.05) is 18.5 Å². The molecule has 7 heteroatoms. The lowest BCUT2D eigenvalue weighted by Crippen LogP contribution is -2.22. The highest BCUT2D eigenvalue weighted by atomic mass is 35.5. The van der Waals surface area contributed by atoms with Gasteiger partial charge in [-0.2, -0.15) is 13.2 Å². The Bertz CT molecular complexity index is 429. The zero-order chi connectivity index (χ0) is 15.2. The van der Waals surface area contributed by atoms with E-state index in [0.29, 0.717) is 17.2 Å². The number of hydrogen-bond donors (Lipinski definition) is 1. The van der Waals surface area contributed by atoms with E-state index >= 15 is 0 Å². The van der Waals surface area contributed by atoms with Crippen molar-refractivity contribution in [3.8, 4) is 5.75 Å². The summed E-state index contributed by atoms with van der Waals surface area (Å²) in [7, 11) is 0. The number of thioether (sulfide) groups is 1. The van der Waals surface area contributed by atoms with Crippen molar-refractivity contribution >= 4 is 23.4 Å². The normalized spacial score (nSPS) is 13.3. The van der Waals surface area contributed by atoms with Crippen LogP contribution in [0, 0.1) is 0 Å². The fourth-order valence-corrected chi connectivity index (χ4v) is 2.18. The molecule has 0 aliphatic carbocycles. The Kier molecular flexibility index (Phi) is 6.99. The van der Waals surface area contributed by atoms with E-state index < -0.39 is 5.51 Å². The Labute approximate surface area is 125 Å². The van der Waals surface area contributed by atoms with Gasteiger partial charge in [-0.3, -0.25) is 0 Å². The minimum atomic E-state index is -4.23. The van der Waals surface area contributed by atoms with E-state index in [1.54, 1.807) is 18.2 Å². The summed E-state index contributed by atoms with van der Waals surface area (Å²) in [4.78, 5) is 0. The molecule has 0 saturated heterocycles. The average Bonchev–Trinajstić information content (AvgIpc) is 2.35. The van der Waals surface area contributed by atoms with Crippen LogP contribution in [0.25, 0.3) is 0 Å². The summed E-state index contributed by atoms with van der Waals surface area (Å²) in [6.07, 6.45) is 1.38. The zero-order valence-electron chi connectivity index (χ0n) is 11.0. The van der Waals surface area contributed by atoms with Gasteiger partial charge in [0.2, 0.25) is 0 Å². The molecule has 114 valence electrons. The Morgan fingerprint density at radius 3 is 2.70 bits per heavy atom. The van der Waals surface area contributed by atoms with Crippen LogP contribution in [0.2, 0.25) is 5.02 Å². The van der Waals surface area contributed by atoms with Crippen molar-refractivity contribution in [2.24, 2.45) is 5.73 Å². The van der Waals surface area contributed by atoms with Gasteiger partial charge in [-0.25, -0.2) is 0 Å². The zero-order valence-corrected chi connectivity index (χ0v) is 12.6. The molecule has 0 saturated carbocycles. The molecule has 0 aliphatic heterocycles. The molecule has 1 rings (SSSR count). The third kappa shape index (κ3) is 6.72. The van der Waals surface area contributed by atoms with Crippen molar-refractivity contribution in [1.82, 2.24) is 0 Å². The Morgan fingerprint density at radius 1 is 1.40 bits per heavy atom. The predicted molar refractivity (Wildman–Crippen MR) is 77.4 cm³/mol. The number of benzene rings is 1. The maximum absolute atomic E-state index is 12.0. The fraction of sp³-hybridized carbons (Fsp3) is 0.538. The standard InChI is InChI=1S/C13H17ClF3NOS/c1-2-11(18)8-9-7-10(14)3-4-12(9)19-5-6-20-13(15,16)17/h3-4,7,11H,2,5-6,8,18H2,1H3. The third-order valence-electron chi connectivity index (χ3n) is 2.64. The second-order valence-electron chi connectivity index (χ2n) is 4.27. The van der Waals surface area contributed by atoms with E-state index in [-0.39, 0.29) is 30.2 Å². The van der Waals surface area contributed by atoms with Gasteiger partial charge in [0.05, 0.1) is 6.61 Å². The lowest BCUT2D eigenvalue weighted by atomic mass is 10.0. The van der Waals surface area contributed by atoms with Gasteiger partial charge in [0, 0.05) is 16.8 Å². The molecule has 1 unspecified atom stereocenters. The van der Waals surface area contributed by atoms with Crippen LogP contribution in [0.3, 0.4) is 0 Å². The van der Waals surface area contributed by atoms with Crippen LogP contribution in [-0.2, 0) is 6.42 Å². The summed E-state index contributed by atoms with van der Waals surface area (Å²) in [5.74, 6) is 0.395. The summed E-state index contributed by atoms with van der Waals surface area (Å²) < 4.78 is 41.4. The van der Waals surface area contributed by atoms with Crippen LogP contribution in [0.1, 0.15) is 18.9 Å². The van der Waals surface area contributed by atoms with Gasteiger partial charge in [-0.05, 0) is 48.4 Å². The summed E-state index contributed by atoms with van der Waals surface area (Å²) >= 11 is 5.82. The minimum Gasteiger partial charge on any atom is -0.492 e. The first kappa shape index (κ1) is 17.5. The first-order valence-electron chi connectivity index (χ1n) is 6.19. The molecule has 0 fully saturated rings. The van der Waals surface area contributed by atoms with Crippen molar-refractivity contribution in [3.05, 3.63) is 28.8 Å². The number of rotatable bonds is 7. The highest BCUT2D eigenvalue weighted by molar-refractivity contribution is 8.00. The Balaban J connectivity index is 2.60. The molecule has 0 spiro atoms. The summed E-state index contributed by atoms with van der Waals surface area (Å²) in [6.45, 7) is 1.95. The predicted octanol–water partition coefficient (Wildman–Crippen LogP) is 4.25. The summed E-state index contributed by atoms with van der Waals surface area (Å²) in [5.41, 5.74) is 2.48. The van der Waals surface area contributed by atoms with Gasteiger partial charge < -0.3 is 10.5 Å². The van der Waals surface area contributed by atoms with E-state index in [4.69, 9.17) is 22.1 Å². The SMILES string of the molecule is CCC(N)Cc1cc(Cl)ccc1OCCSC(F)(F)F. The number of hydrogen-bond acceptors (Lipinski definition) is 3. The molecule has 0 bridgehead atoms. The van der Waals surface area contributed by atoms with Crippen LogP contribution in [0.15, 0.2) is 18.2 Å². The van der Waals surface area contributed by atoms with Crippen molar-refractivity contribution in [2.45, 2.75) is 31.3 Å². The molecule has 0 amide bonds. The van der Waals surface area contributed by atoms with Crippen LogP contribution in [0.5, 0.6) is 5.75 Å². The summed E-state index contributed by atoms with van der Waals surface area (Å²) in [5, 5.41) is 0.556. The van der Waals surface area contributed by atoms with Crippen molar-refractivity contribution in [1.29, 1.82) is 0 Å². The van der Waals surface area contributed by atoms with Crippen molar-refractivity contribution in [3.63, 3.8) is 0 Å². The monoisotopic (exact) mass is 327 g/mol. The molecule has 0 radical (unpaired) electrons. The molecule has 1 atom stereocenters. The van der Waals surface area contributed by atoms with E-state index in [1.807, 2.05) is 6.92 Å². The number of alkyl halides is 3. The molecule has 20 heavy (non-hydrogen) atoms. The van der Waals surface area contributed by atoms with Gasteiger partial charge in [0.25, 0.3) is 0 Å². The highest BCUT2D eigenvalue weighted by Crippen LogP contribution is 2.30. The number of ether oxygens (including phenoxy) is 1. The summed E-state index contributed by atoms with van der Waals surface area (Å²) in [6, 6.07) is 5.02. The molecule has 0 aromatic heterocycles. The lowest BCUT2D eigenvalue weighted by Gasteiger charge is -2.15. The van der Waals surface area contributed by atoms with Gasteiger partial charge in [0.15, 0.2) is 0 Å². The smallest absolute Gasteiger partial charge is 0.441 e. The molecular formula is C13H17ClF3NOS. The van der Waals surface area contributed by atoms with Gasteiger partial charge >= 0.3 is 5.51 Å². The molecule has 0 aliphatic rings. The quantitative estimate of drug-likeness (QED) is 0.760. The van der Waals surface area contributed by atoms with Crippen LogP contribution in [-0.4, -0.2) is 23.9 Å². The maximum atomic E-state index is 12.0. The van der Waals surface area contributed by atoms with E-state index in [2.05, 4.69) is 0 Å². The van der Waals surface area contributed by atoms with Gasteiger partial charge in [0.1, 0.15) is 5.75 Å². The fourth-order valence-electron chi connectivity index (χ4n) is 1.58. The maximum Gasteiger partial charge on any atom is 0.441 e. The average molecular weight is 328 g/mol. The highest BCUT2D eigenvalue weighted by Gasteiger charge is 2.27. The van der Waals surface area contributed by atoms with E-state index in [0.717, 1.165) is 12.0 Å². The van der Waals surface area contributed by atoms with E-state index in [1.165, 1.54) is 0 Å². The van der Waals surface area contributed by atoms with Crippen molar-refractivity contribution < 1.29 is 17.9 Å². The number of halogens is 4. The molecule has 2 N–H and O–H groups in total. The first-order valence-corrected chi connectivity index (χ1v) is 7.55. The second kappa shape index (κ2) is 8.00. The molecule has 1 aromatic carbocycles. The Hall–Kier alpha value is -0.590. The Morgan fingerprint density at radius 2 is 2.10 bits per heavy atom. The molecule has 1 aromatic rings. The molecule has 2 nitrogen and oxygen atoms in total. The topological polar surface area (TPSA) is 35.2 Å². The van der Waals surface area contributed by atoms with E-state index in [9.17, 15) is 13.2 Å². The molecular weight excluding hydrogens is 311 g/mol. The lowest BCUT2D eigenvalue weighted by molar-refractivity contribution is -0.0329. The van der Waals surface area contributed by atoms with Crippen molar-refractivity contribution in [2.75, 3.05) is 12.4 Å². The molecule has 0 heterocycles. The second-order valence-corrected chi connectivity index (χ2v) is 5.86. The van der Waals surface area contributed by atoms with Crippen LogP contribution < -0.4 is 10.5 Å². The largest absolute Gasteiger partial charge is 0.492 e. The minimum absolute atomic E-state index is 0.0137.